The molecule has 14 heavy (non-hydrogen) atoms. The number of nitrogens with zero attached hydrogens (tertiary/aromatic N) is 3. The van der Waals surface area contributed by atoms with E-state index in [1.54, 1.807) is 0 Å². The summed E-state index contributed by atoms with van der Waals surface area (Å²) >= 11 is 3.29. The summed E-state index contributed by atoms with van der Waals surface area (Å²) in [5.41, 5.74) is 0.591. The number of nitriles is 1. The second-order valence-electron chi connectivity index (χ2n) is 3.31. The summed E-state index contributed by atoms with van der Waals surface area (Å²) < 4.78 is 0.643. The van der Waals surface area contributed by atoms with Gasteiger partial charge >= 0.3 is 0 Å². The largest absolute Gasteiger partial charge is 0.357 e. The summed E-state index contributed by atoms with van der Waals surface area (Å²) in [4.78, 5) is 6.59. The first kappa shape index (κ1) is 9.47. The van der Waals surface area contributed by atoms with E-state index in [0.717, 1.165) is 18.9 Å². The lowest BCUT2D eigenvalue weighted by molar-refractivity contribution is 0.932. The van der Waals surface area contributed by atoms with Crippen molar-refractivity contribution in [3.8, 4) is 6.07 Å². The molecule has 0 spiro atoms. The van der Waals surface area contributed by atoms with Crippen LogP contribution in [0.15, 0.2) is 16.7 Å². The summed E-state index contributed by atoms with van der Waals surface area (Å²) in [5.74, 6) is 0.966. The number of halogens is 1. The van der Waals surface area contributed by atoms with Crippen molar-refractivity contribution in [3.05, 3.63) is 22.3 Å². The van der Waals surface area contributed by atoms with Crippen molar-refractivity contribution in [2.24, 2.45) is 0 Å². The third-order valence-electron chi connectivity index (χ3n) is 2.38. The van der Waals surface area contributed by atoms with Crippen LogP contribution in [0.2, 0.25) is 0 Å². The maximum absolute atomic E-state index is 8.74. The van der Waals surface area contributed by atoms with Gasteiger partial charge in [0, 0.05) is 13.1 Å². The Morgan fingerprint density at radius 3 is 2.64 bits per heavy atom. The quantitative estimate of drug-likeness (QED) is 0.720. The van der Waals surface area contributed by atoms with Gasteiger partial charge in [-0.15, -0.1) is 0 Å². The average Bonchev–Trinajstić information content (AvgIpc) is 2.70. The Morgan fingerprint density at radius 2 is 2.07 bits per heavy atom. The zero-order valence-corrected chi connectivity index (χ0v) is 9.29. The maximum atomic E-state index is 8.74. The number of pyridine rings is 1. The molecule has 0 aliphatic carbocycles. The number of hydrogen-bond acceptors (Lipinski definition) is 3. The van der Waals surface area contributed by atoms with Crippen molar-refractivity contribution >= 4 is 21.7 Å². The van der Waals surface area contributed by atoms with Crippen molar-refractivity contribution in [1.29, 1.82) is 5.26 Å². The fourth-order valence-corrected chi connectivity index (χ4v) is 2.03. The second-order valence-corrected chi connectivity index (χ2v) is 4.06. The van der Waals surface area contributed by atoms with Crippen LogP contribution in [0.4, 0.5) is 5.82 Å². The van der Waals surface area contributed by atoms with Crippen molar-refractivity contribution in [2.45, 2.75) is 12.8 Å². The molecule has 3 nitrogen and oxygen atoms in total. The minimum absolute atomic E-state index is 0.591. The first-order valence-corrected chi connectivity index (χ1v) is 5.42. The maximum Gasteiger partial charge on any atom is 0.129 e. The van der Waals surface area contributed by atoms with Crippen LogP contribution < -0.4 is 4.90 Å². The molecule has 0 radical (unpaired) electrons. The molecule has 1 aliphatic rings. The molecule has 1 aromatic rings. The second kappa shape index (κ2) is 3.97. The summed E-state index contributed by atoms with van der Waals surface area (Å²) in [7, 11) is 0. The van der Waals surface area contributed by atoms with Crippen LogP contribution in [0.5, 0.6) is 0 Å². The van der Waals surface area contributed by atoms with E-state index in [4.69, 9.17) is 5.26 Å². The van der Waals surface area contributed by atoms with Crippen LogP contribution in [-0.2, 0) is 0 Å². The van der Waals surface area contributed by atoms with Crippen LogP contribution >= 0.6 is 15.9 Å². The molecule has 0 aromatic carbocycles. The SMILES string of the molecule is N#Cc1ccc(N2CCCC2)nc1Br. The third kappa shape index (κ3) is 1.73. The molecule has 0 atom stereocenters. The summed E-state index contributed by atoms with van der Waals surface area (Å²) in [5, 5.41) is 8.74. The molecule has 2 heterocycles. The lowest BCUT2D eigenvalue weighted by Gasteiger charge is -2.16. The topological polar surface area (TPSA) is 39.9 Å². The van der Waals surface area contributed by atoms with E-state index in [9.17, 15) is 0 Å². The minimum Gasteiger partial charge on any atom is -0.357 e. The molecule has 1 aliphatic heterocycles. The van der Waals surface area contributed by atoms with Gasteiger partial charge in [0.2, 0.25) is 0 Å². The summed E-state index contributed by atoms with van der Waals surface area (Å²) in [6.07, 6.45) is 2.47. The fraction of sp³-hybridized carbons (Fsp3) is 0.400. The number of hydrogen-bond donors (Lipinski definition) is 0. The molecule has 72 valence electrons. The summed E-state index contributed by atoms with van der Waals surface area (Å²) in [6.45, 7) is 2.15. The third-order valence-corrected chi connectivity index (χ3v) is 2.99. The first-order valence-electron chi connectivity index (χ1n) is 4.63. The van der Waals surface area contributed by atoms with Gasteiger partial charge in [0.15, 0.2) is 0 Å². The smallest absolute Gasteiger partial charge is 0.129 e. The first-order chi connectivity index (χ1) is 6.81. The molecule has 1 fully saturated rings. The highest BCUT2D eigenvalue weighted by atomic mass is 79.9. The molecule has 0 bridgehead atoms. The van der Waals surface area contributed by atoms with Gasteiger partial charge in [-0.25, -0.2) is 4.98 Å². The van der Waals surface area contributed by atoms with Crippen molar-refractivity contribution in [1.82, 2.24) is 4.98 Å². The van der Waals surface area contributed by atoms with Crippen LogP contribution in [0.1, 0.15) is 18.4 Å². The Kier molecular flexibility index (Phi) is 2.69. The lowest BCUT2D eigenvalue weighted by Crippen LogP contribution is -2.18. The van der Waals surface area contributed by atoms with Gasteiger partial charge in [-0.2, -0.15) is 5.26 Å². The minimum atomic E-state index is 0.591. The normalized spacial score (nSPS) is 15.6. The van der Waals surface area contributed by atoms with Crippen molar-refractivity contribution in [3.63, 3.8) is 0 Å². The predicted octanol–water partition coefficient (Wildman–Crippen LogP) is 2.32. The average molecular weight is 252 g/mol. The Hall–Kier alpha value is -1.08. The van der Waals surface area contributed by atoms with Crippen LogP contribution in [0, 0.1) is 11.3 Å². The van der Waals surface area contributed by atoms with Gasteiger partial charge in [0.1, 0.15) is 16.5 Å². The lowest BCUT2D eigenvalue weighted by atomic mass is 10.3. The molecule has 4 heteroatoms. The van der Waals surface area contributed by atoms with Crippen LogP contribution in [0.3, 0.4) is 0 Å². The molecule has 2 rings (SSSR count). The Labute approximate surface area is 91.5 Å². The van der Waals surface area contributed by atoms with Crippen LogP contribution in [0.25, 0.3) is 0 Å². The highest BCUT2D eigenvalue weighted by molar-refractivity contribution is 9.10. The zero-order chi connectivity index (χ0) is 9.97. The Balaban J connectivity index is 2.28. The molecular weight excluding hydrogens is 242 g/mol. The Bertz CT molecular complexity index is 377. The Morgan fingerprint density at radius 1 is 1.36 bits per heavy atom. The van der Waals surface area contributed by atoms with Gasteiger partial charge in [-0.3, -0.25) is 0 Å². The van der Waals surface area contributed by atoms with Gasteiger partial charge in [-0.05, 0) is 40.9 Å². The fourth-order valence-electron chi connectivity index (χ4n) is 1.63. The standard InChI is InChI=1S/C10H10BrN3/c11-10-8(7-12)3-4-9(13-10)14-5-1-2-6-14/h3-4H,1-2,5-6H2. The molecule has 1 aromatic heterocycles. The highest BCUT2D eigenvalue weighted by Gasteiger charge is 2.14. The van der Waals surface area contributed by atoms with Crippen LogP contribution in [-0.4, -0.2) is 18.1 Å². The molecule has 1 saturated heterocycles. The van der Waals surface area contributed by atoms with E-state index < -0.39 is 0 Å². The number of rotatable bonds is 1. The van der Waals surface area contributed by atoms with E-state index in [1.807, 2.05) is 12.1 Å². The zero-order valence-electron chi connectivity index (χ0n) is 7.70. The number of aromatic nitrogens is 1. The van der Waals surface area contributed by atoms with Crippen molar-refractivity contribution < 1.29 is 0 Å². The number of anilines is 1. The van der Waals surface area contributed by atoms with Gasteiger partial charge in [-0.1, -0.05) is 0 Å². The monoisotopic (exact) mass is 251 g/mol. The molecule has 0 unspecified atom stereocenters. The van der Waals surface area contributed by atoms with Gasteiger partial charge in [0.25, 0.3) is 0 Å². The van der Waals surface area contributed by atoms with E-state index in [2.05, 4.69) is 31.9 Å². The van der Waals surface area contributed by atoms with E-state index in [1.165, 1.54) is 12.8 Å². The molecule has 0 N–H and O–H groups in total. The predicted molar refractivity (Wildman–Crippen MR) is 58.1 cm³/mol. The highest BCUT2D eigenvalue weighted by Crippen LogP contribution is 2.22. The molecule has 0 amide bonds. The van der Waals surface area contributed by atoms with Gasteiger partial charge in [0.05, 0.1) is 5.56 Å². The van der Waals surface area contributed by atoms with Gasteiger partial charge < -0.3 is 4.90 Å². The summed E-state index contributed by atoms with van der Waals surface area (Å²) in [6, 6.07) is 5.81. The molecule has 0 saturated carbocycles. The van der Waals surface area contributed by atoms with E-state index >= 15 is 0 Å². The van der Waals surface area contributed by atoms with E-state index in [0.29, 0.717) is 10.2 Å². The van der Waals surface area contributed by atoms with E-state index in [-0.39, 0.29) is 0 Å². The molecular formula is C10H10BrN3. The van der Waals surface area contributed by atoms with Crippen molar-refractivity contribution in [2.75, 3.05) is 18.0 Å².